The normalized spacial score (nSPS) is 17.4. The maximum atomic E-state index is 12.7. The zero-order chi connectivity index (χ0) is 21.6. The molecule has 2 rings (SSSR count). The Morgan fingerprint density at radius 2 is 1.24 bits per heavy atom. The molecule has 0 aromatic heterocycles. The van der Waals surface area contributed by atoms with E-state index in [1.165, 1.54) is 14.2 Å². The summed E-state index contributed by atoms with van der Waals surface area (Å²) in [5, 5.41) is 5.01. The van der Waals surface area contributed by atoms with Crippen LogP contribution >= 0.6 is 25.3 Å². The van der Waals surface area contributed by atoms with Crippen LogP contribution in [0.5, 0.6) is 0 Å². The number of esters is 2. The molecule has 2 unspecified atom stereocenters. The Hall–Kier alpha value is -2.34. The lowest BCUT2D eigenvalue weighted by atomic mass is 10.1. The van der Waals surface area contributed by atoms with Crippen molar-refractivity contribution < 1.29 is 38.1 Å². The first-order valence-corrected chi connectivity index (χ1v) is 9.85. The first-order chi connectivity index (χ1) is 13.9. The number of hydrogen-bond donors (Lipinski definition) is 4. The van der Waals surface area contributed by atoms with Crippen LogP contribution in [0.15, 0.2) is 22.7 Å². The number of rotatable bonds is 8. The van der Waals surface area contributed by atoms with Crippen LogP contribution in [0.25, 0.3) is 0 Å². The Kier molecular flexibility index (Phi) is 8.26. The maximum Gasteiger partial charge on any atom is 0.329 e. The van der Waals surface area contributed by atoms with Crippen molar-refractivity contribution >= 4 is 49.0 Å². The fourth-order valence-electron chi connectivity index (χ4n) is 2.70. The summed E-state index contributed by atoms with van der Waals surface area (Å²) < 4.78 is 20.3. The van der Waals surface area contributed by atoms with E-state index in [1.54, 1.807) is 0 Å². The molecule has 10 nitrogen and oxygen atoms in total. The Bertz CT molecular complexity index is 703. The van der Waals surface area contributed by atoms with Crippen LogP contribution in [0, 0.1) is 0 Å². The van der Waals surface area contributed by atoms with E-state index < -0.39 is 35.8 Å². The average molecular weight is 447 g/mol. The van der Waals surface area contributed by atoms with E-state index in [9.17, 15) is 19.2 Å². The van der Waals surface area contributed by atoms with Crippen molar-refractivity contribution in [1.82, 2.24) is 10.6 Å². The van der Waals surface area contributed by atoms with E-state index in [4.69, 9.17) is 9.47 Å². The first kappa shape index (κ1) is 22.9. The predicted molar refractivity (Wildman–Crippen MR) is 106 cm³/mol. The second kappa shape index (κ2) is 10.4. The van der Waals surface area contributed by atoms with Crippen LogP contribution in [0.2, 0.25) is 0 Å². The summed E-state index contributed by atoms with van der Waals surface area (Å²) in [5.74, 6) is -2.24. The van der Waals surface area contributed by atoms with Crippen LogP contribution in [-0.2, 0) is 38.1 Å². The molecule has 1 aliphatic heterocycles. The van der Waals surface area contributed by atoms with E-state index in [2.05, 4.69) is 45.4 Å². The third-order valence-electron chi connectivity index (χ3n) is 4.18. The van der Waals surface area contributed by atoms with Gasteiger partial charge in [0.25, 0.3) is 11.8 Å². The molecule has 0 saturated carbocycles. The summed E-state index contributed by atoms with van der Waals surface area (Å²) in [5.41, 5.74) is 0.252. The summed E-state index contributed by atoms with van der Waals surface area (Å²) in [4.78, 5) is 48.8. The SMILES string of the molecule is COC(=O)C(CS)NC(=O)C1=C2OCCOC2=C(C(=O)NC(CS)C(=O)OC)C1. The highest BCUT2D eigenvalue weighted by Gasteiger charge is 2.38. The molecule has 1 saturated heterocycles. The minimum atomic E-state index is -0.970. The van der Waals surface area contributed by atoms with Crippen LogP contribution in [0.1, 0.15) is 6.42 Å². The highest BCUT2D eigenvalue weighted by atomic mass is 32.1. The minimum Gasteiger partial charge on any atom is -0.486 e. The topological polar surface area (TPSA) is 129 Å². The lowest BCUT2D eigenvalue weighted by Gasteiger charge is -2.21. The standard InChI is InChI=1S/C17H22N2O8S2/c1-24-16(22)10(6-28)18-14(20)8-5-9(13-12(8)26-3-4-27-13)15(21)19-11(7-29)17(23)25-2/h10-11,28-29H,3-7H2,1-2H3,(H,18,20)(H,19,21). The predicted octanol–water partition coefficient (Wildman–Crippen LogP) is -0.880. The molecule has 2 aliphatic rings. The van der Waals surface area contributed by atoms with Crippen molar-refractivity contribution in [3.05, 3.63) is 22.7 Å². The molecule has 0 aromatic carbocycles. The molecule has 0 spiro atoms. The van der Waals surface area contributed by atoms with Gasteiger partial charge in [-0.1, -0.05) is 0 Å². The van der Waals surface area contributed by atoms with Gasteiger partial charge < -0.3 is 29.6 Å². The van der Waals surface area contributed by atoms with Crippen molar-refractivity contribution in [2.24, 2.45) is 0 Å². The fraction of sp³-hybridized carbons (Fsp3) is 0.529. The third kappa shape index (κ3) is 5.18. The molecule has 1 fully saturated rings. The van der Waals surface area contributed by atoms with Gasteiger partial charge in [0.05, 0.1) is 25.4 Å². The molecule has 2 atom stereocenters. The third-order valence-corrected chi connectivity index (χ3v) is 4.91. The molecule has 12 heteroatoms. The molecular formula is C17H22N2O8S2. The van der Waals surface area contributed by atoms with Crippen molar-refractivity contribution in [2.75, 3.05) is 38.9 Å². The molecular weight excluding hydrogens is 424 g/mol. The van der Waals surface area contributed by atoms with Gasteiger partial charge in [-0.15, -0.1) is 0 Å². The van der Waals surface area contributed by atoms with Gasteiger partial charge in [0.2, 0.25) is 0 Å². The van der Waals surface area contributed by atoms with Gasteiger partial charge in [0.15, 0.2) is 11.5 Å². The average Bonchev–Trinajstić information content (AvgIpc) is 3.14. The number of amides is 2. The van der Waals surface area contributed by atoms with E-state index in [-0.39, 0.29) is 53.8 Å². The Balaban J connectivity index is 2.20. The number of thiol groups is 2. The summed E-state index contributed by atoms with van der Waals surface area (Å²) in [6.07, 6.45) is -0.108. The lowest BCUT2D eigenvalue weighted by Crippen LogP contribution is -2.44. The van der Waals surface area contributed by atoms with E-state index in [1.807, 2.05) is 0 Å². The van der Waals surface area contributed by atoms with Crippen molar-refractivity contribution in [3.8, 4) is 0 Å². The number of fused-ring (bicyclic) bond motifs is 1. The molecule has 160 valence electrons. The molecule has 0 aromatic rings. The summed E-state index contributed by atoms with van der Waals surface area (Å²) in [7, 11) is 2.39. The number of hydrogen-bond acceptors (Lipinski definition) is 10. The smallest absolute Gasteiger partial charge is 0.329 e. The van der Waals surface area contributed by atoms with Gasteiger partial charge in [-0.3, -0.25) is 9.59 Å². The van der Waals surface area contributed by atoms with Crippen molar-refractivity contribution in [3.63, 3.8) is 0 Å². The van der Waals surface area contributed by atoms with Gasteiger partial charge in [-0.05, 0) is 0 Å². The number of carbonyl (C=O) groups is 4. The van der Waals surface area contributed by atoms with Gasteiger partial charge in [-0.25, -0.2) is 9.59 Å². The van der Waals surface area contributed by atoms with Gasteiger partial charge in [0, 0.05) is 17.9 Å². The van der Waals surface area contributed by atoms with Crippen LogP contribution in [-0.4, -0.2) is 74.8 Å². The zero-order valence-electron chi connectivity index (χ0n) is 15.9. The molecule has 1 heterocycles. The number of ether oxygens (including phenoxy) is 4. The van der Waals surface area contributed by atoms with Gasteiger partial charge >= 0.3 is 11.9 Å². The van der Waals surface area contributed by atoms with Gasteiger partial charge in [-0.2, -0.15) is 25.3 Å². The lowest BCUT2D eigenvalue weighted by molar-refractivity contribution is -0.144. The van der Waals surface area contributed by atoms with Crippen molar-refractivity contribution in [2.45, 2.75) is 18.5 Å². The number of nitrogens with one attached hydrogen (secondary N) is 2. The second-order valence-electron chi connectivity index (χ2n) is 5.95. The molecule has 1 aliphatic carbocycles. The number of methoxy groups -OCH3 is 2. The molecule has 0 bridgehead atoms. The number of carbonyl (C=O) groups excluding carboxylic acids is 4. The minimum absolute atomic E-state index is 0.0226. The highest BCUT2D eigenvalue weighted by molar-refractivity contribution is 7.80. The van der Waals surface area contributed by atoms with E-state index in [0.717, 1.165) is 0 Å². The molecule has 0 radical (unpaired) electrons. The molecule has 29 heavy (non-hydrogen) atoms. The van der Waals surface area contributed by atoms with E-state index in [0.29, 0.717) is 0 Å². The Morgan fingerprint density at radius 1 is 0.862 bits per heavy atom. The second-order valence-corrected chi connectivity index (χ2v) is 6.68. The summed E-state index contributed by atoms with van der Waals surface area (Å²) >= 11 is 8.07. The maximum absolute atomic E-state index is 12.7. The summed E-state index contributed by atoms with van der Waals surface area (Å²) in [6, 6.07) is -1.94. The Labute approximate surface area is 178 Å². The van der Waals surface area contributed by atoms with E-state index >= 15 is 0 Å². The quantitative estimate of drug-likeness (QED) is 0.280. The van der Waals surface area contributed by atoms with Crippen LogP contribution in [0.3, 0.4) is 0 Å². The monoisotopic (exact) mass is 446 g/mol. The summed E-state index contributed by atoms with van der Waals surface area (Å²) in [6.45, 7) is 0.387. The van der Waals surface area contributed by atoms with Gasteiger partial charge in [0.1, 0.15) is 25.3 Å². The fourth-order valence-corrected chi connectivity index (χ4v) is 3.19. The highest BCUT2D eigenvalue weighted by Crippen LogP contribution is 2.36. The molecule has 2 amide bonds. The zero-order valence-corrected chi connectivity index (χ0v) is 17.6. The largest absolute Gasteiger partial charge is 0.486 e. The van der Waals surface area contributed by atoms with Crippen molar-refractivity contribution in [1.29, 1.82) is 0 Å². The Morgan fingerprint density at radius 3 is 1.55 bits per heavy atom. The first-order valence-electron chi connectivity index (χ1n) is 8.59. The van der Waals surface area contributed by atoms with Crippen LogP contribution < -0.4 is 10.6 Å². The van der Waals surface area contributed by atoms with Crippen LogP contribution in [0.4, 0.5) is 0 Å². The molecule has 2 N–H and O–H groups in total.